The first-order valence-corrected chi connectivity index (χ1v) is 4.18. The van der Waals surface area contributed by atoms with Gasteiger partial charge in [0.25, 0.3) is 0 Å². The summed E-state index contributed by atoms with van der Waals surface area (Å²) in [5.41, 5.74) is -1.25. The monoisotopic (exact) mass is 215 g/mol. The molecule has 0 fully saturated rings. The highest BCUT2D eigenvalue weighted by atomic mass is 16.3. The maximum Gasteiger partial charge on any atom is 0.310 e. The molecule has 0 aliphatic carbocycles. The summed E-state index contributed by atoms with van der Waals surface area (Å²) >= 11 is 0. The van der Waals surface area contributed by atoms with Crippen LogP contribution in [0.25, 0.3) is 0 Å². The molecule has 0 atom stereocenters. The molecule has 0 bridgehead atoms. The van der Waals surface area contributed by atoms with Gasteiger partial charge in [0.05, 0.1) is 24.8 Å². The van der Waals surface area contributed by atoms with Gasteiger partial charge in [-0.3, -0.25) is 9.59 Å². The Bertz CT molecular complexity index is 280. The van der Waals surface area contributed by atoms with Gasteiger partial charge in [-0.05, 0) is 6.92 Å². The molecule has 0 aromatic carbocycles. The molecule has 0 aliphatic rings. The molecule has 4 N–H and O–H groups in total. The zero-order chi connectivity index (χ0) is 11.9. The zero-order valence-electron chi connectivity index (χ0n) is 8.28. The van der Waals surface area contributed by atoms with Gasteiger partial charge in [-0.15, -0.1) is 0 Å². The van der Waals surface area contributed by atoms with E-state index in [1.54, 1.807) is 6.07 Å². The average Bonchev–Trinajstić information content (AvgIpc) is 2.25. The van der Waals surface area contributed by atoms with Gasteiger partial charge in [0, 0.05) is 0 Å². The first-order chi connectivity index (χ1) is 6.99. The van der Waals surface area contributed by atoms with Crippen molar-refractivity contribution >= 4 is 11.8 Å². The maximum atomic E-state index is 11.1. The number of hydrogen-bond acceptors (Lipinski definition) is 5. The second-order valence-electron chi connectivity index (χ2n) is 3.17. The molecular weight excluding hydrogens is 202 g/mol. The fourth-order valence-electron chi connectivity index (χ4n) is 0.660. The standard InChI is InChI=1S/C8H13N3O4/c1-8(4-12,5-13)11-7(15)6(14)10-3-2-9/h12-13H,3-5H2,1H3,(H,10,14)(H,11,15). The lowest BCUT2D eigenvalue weighted by Crippen LogP contribution is -2.55. The molecule has 0 radical (unpaired) electrons. The van der Waals surface area contributed by atoms with E-state index >= 15 is 0 Å². The van der Waals surface area contributed by atoms with Crippen molar-refractivity contribution in [2.75, 3.05) is 19.8 Å². The first kappa shape index (κ1) is 13.4. The molecule has 0 spiro atoms. The molecule has 0 saturated heterocycles. The summed E-state index contributed by atoms with van der Waals surface area (Å²) < 4.78 is 0. The third kappa shape index (κ3) is 4.39. The van der Waals surface area contributed by atoms with E-state index in [1.165, 1.54) is 6.92 Å². The Morgan fingerprint density at radius 2 is 1.87 bits per heavy atom. The number of amides is 2. The van der Waals surface area contributed by atoms with Crippen LogP contribution in [0.5, 0.6) is 0 Å². The predicted octanol–water partition coefficient (Wildman–Crippen LogP) is -2.51. The molecule has 0 aromatic rings. The highest BCUT2D eigenvalue weighted by molar-refractivity contribution is 6.35. The lowest BCUT2D eigenvalue weighted by atomic mass is 10.1. The lowest BCUT2D eigenvalue weighted by molar-refractivity contribution is -0.140. The van der Waals surface area contributed by atoms with Gasteiger partial charge in [0.2, 0.25) is 0 Å². The SMILES string of the molecule is CC(CO)(CO)NC(=O)C(=O)NCC#N. The van der Waals surface area contributed by atoms with Crippen LogP contribution < -0.4 is 10.6 Å². The Balaban J connectivity index is 4.24. The van der Waals surface area contributed by atoms with E-state index in [9.17, 15) is 9.59 Å². The van der Waals surface area contributed by atoms with Crippen molar-refractivity contribution < 1.29 is 19.8 Å². The van der Waals surface area contributed by atoms with Crippen LogP contribution in [0.15, 0.2) is 0 Å². The largest absolute Gasteiger partial charge is 0.394 e. The van der Waals surface area contributed by atoms with Gasteiger partial charge in [0.15, 0.2) is 0 Å². The molecule has 2 amide bonds. The van der Waals surface area contributed by atoms with E-state index < -0.39 is 30.6 Å². The van der Waals surface area contributed by atoms with Crippen LogP contribution in [0.4, 0.5) is 0 Å². The van der Waals surface area contributed by atoms with E-state index in [-0.39, 0.29) is 6.54 Å². The second-order valence-corrected chi connectivity index (χ2v) is 3.17. The summed E-state index contributed by atoms with van der Waals surface area (Å²) in [6.45, 7) is 0.102. The molecular formula is C8H13N3O4. The summed E-state index contributed by atoms with van der Waals surface area (Å²) in [6.07, 6.45) is 0. The van der Waals surface area contributed by atoms with Gasteiger partial charge in [0.1, 0.15) is 6.54 Å². The third-order valence-corrected chi connectivity index (χ3v) is 1.65. The number of aliphatic hydroxyl groups excluding tert-OH is 2. The Morgan fingerprint density at radius 3 is 2.27 bits per heavy atom. The smallest absolute Gasteiger partial charge is 0.310 e. The highest BCUT2D eigenvalue weighted by Crippen LogP contribution is 1.99. The van der Waals surface area contributed by atoms with Gasteiger partial charge in [-0.1, -0.05) is 0 Å². The number of carbonyl (C=O) groups excluding carboxylic acids is 2. The van der Waals surface area contributed by atoms with Crippen molar-refractivity contribution in [2.45, 2.75) is 12.5 Å². The fourth-order valence-corrected chi connectivity index (χ4v) is 0.660. The molecule has 0 unspecified atom stereocenters. The fraction of sp³-hybridized carbons (Fsp3) is 0.625. The van der Waals surface area contributed by atoms with Crippen LogP contribution >= 0.6 is 0 Å². The van der Waals surface area contributed by atoms with Gasteiger partial charge in [-0.25, -0.2) is 0 Å². The van der Waals surface area contributed by atoms with E-state index in [1.807, 2.05) is 5.32 Å². The molecule has 0 heterocycles. The molecule has 7 nitrogen and oxygen atoms in total. The summed E-state index contributed by atoms with van der Waals surface area (Å²) in [5, 5.41) is 30.0. The van der Waals surface area contributed by atoms with Crippen LogP contribution in [0.1, 0.15) is 6.92 Å². The van der Waals surface area contributed by atoms with Gasteiger partial charge >= 0.3 is 11.8 Å². The van der Waals surface area contributed by atoms with Crippen molar-refractivity contribution in [1.82, 2.24) is 10.6 Å². The van der Waals surface area contributed by atoms with Crippen molar-refractivity contribution in [3.05, 3.63) is 0 Å². The summed E-state index contributed by atoms with van der Waals surface area (Å²) in [5.74, 6) is -1.99. The van der Waals surface area contributed by atoms with Crippen LogP contribution in [0, 0.1) is 11.3 Å². The quantitative estimate of drug-likeness (QED) is 0.304. The van der Waals surface area contributed by atoms with Crippen molar-refractivity contribution in [2.24, 2.45) is 0 Å². The normalized spacial score (nSPS) is 10.3. The molecule has 0 saturated carbocycles. The number of nitrogens with one attached hydrogen (secondary N) is 2. The Hall–Kier alpha value is -1.65. The summed E-state index contributed by atoms with van der Waals surface area (Å²) in [4.78, 5) is 22.1. The maximum absolute atomic E-state index is 11.1. The number of carbonyl (C=O) groups is 2. The van der Waals surface area contributed by atoms with Crippen molar-refractivity contribution in [1.29, 1.82) is 5.26 Å². The third-order valence-electron chi connectivity index (χ3n) is 1.65. The molecule has 0 rings (SSSR count). The number of hydrogen-bond donors (Lipinski definition) is 4. The van der Waals surface area contributed by atoms with Gasteiger partial charge < -0.3 is 20.8 Å². The molecule has 0 aliphatic heterocycles. The van der Waals surface area contributed by atoms with Crippen LogP contribution in [-0.2, 0) is 9.59 Å². The van der Waals surface area contributed by atoms with E-state index in [2.05, 4.69) is 5.32 Å². The molecule has 7 heteroatoms. The minimum atomic E-state index is -1.25. The Labute approximate surface area is 86.7 Å². The minimum absolute atomic E-state index is 0.277. The number of nitrogens with zero attached hydrogens (tertiary/aromatic N) is 1. The number of rotatable bonds is 4. The predicted molar refractivity (Wildman–Crippen MR) is 49.3 cm³/mol. The number of aliphatic hydroxyl groups is 2. The van der Waals surface area contributed by atoms with E-state index in [4.69, 9.17) is 15.5 Å². The highest BCUT2D eigenvalue weighted by Gasteiger charge is 2.27. The van der Waals surface area contributed by atoms with Crippen molar-refractivity contribution in [3.8, 4) is 6.07 Å². The first-order valence-electron chi connectivity index (χ1n) is 4.18. The zero-order valence-corrected chi connectivity index (χ0v) is 8.28. The average molecular weight is 215 g/mol. The second kappa shape index (κ2) is 5.95. The van der Waals surface area contributed by atoms with E-state index in [0.717, 1.165) is 0 Å². The van der Waals surface area contributed by atoms with Crippen molar-refractivity contribution in [3.63, 3.8) is 0 Å². The number of nitriles is 1. The van der Waals surface area contributed by atoms with E-state index in [0.29, 0.717) is 0 Å². The minimum Gasteiger partial charge on any atom is -0.394 e. The molecule has 15 heavy (non-hydrogen) atoms. The van der Waals surface area contributed by atoms with Crippen LogP contribution in [0.3, 0.4) is 0 Å². The Kier molecular flexibility index (Phi) is 5.30. The Morgan fingerprint density at radius 1 is 1.33 bits per heavy atom. The topological polar surface area (TPSA) is 122 Å². The summed E-state index contributed by atoms with van der Waals surface area (Å²) in [7, 11) is 0. The van der Waals surface area contributed by atoms with Crippen LogP contribution in [-0.4, -0.2) is 47.3 Å². The van der Waals surface area contributed by atoms with Gasteiger partial charge in [-0.2, -0.15) is 5.26 Å². The molecule has 0 aromatic heterocycles. The molecule has 84 valence electrons. The summed E-state index contributed by atoms with van der Waals surface area (Å²) in [6, 6.07) is 1.63. The lowest BCUT2D eigenvalue weighted by Gasteiger charge is -2.25. The van der Waals surface area contributed by atoms with Crippen LogP contribution in [0.2, 0.25) is 0 Å².